The Labute approximate surface area is 82.3 Å². The van der Waals surface area contributed by atoms with Crippen molar-refractivity contribution in [1.29, 1.82) is 0 Å². The second-order valence-electron chi connectivity index (χ2n) is 3.57. The Morgan fingerprint density at radius 1 is 1.71 bits per heavy atom. The van der Waals surface area contributed by atoms with Crippen LogP contribution in [0.4, 0.5) is 5.82 Å². The lowest BCUT2D eigenvalue weighted by Gasteiger charge is -2.08. The van der Waals surface area contributed by atoms with E-state index >= 15 is 0 Å². The minimum absolute atomic E-state index is 0.00833. The normalized spacial score (nSPS) is 21.1. The zero-order valence-corrected chi connectivity index (χ0v) is 8.13. The predicted molar refractivity (Wildman–Crippen MR) is 53.0 cm³/mol. The fraction of sp³-hybridized carbons (Fsp3) is 0.556. The molecule has 0 spiro atoms. The van der Waals surface area contributed by atoms with E-state index in [2.05, 4.69) is 20.8 Å². The fourth-order valence-corrected chi connectivity index (χ4v) is 1.60. The first-order valence-corrected chi connectivity index (χ1v) is 4.82. The molecule has 1 amide bonds. The van der Waals surface area contributed by atoms with Gasteiger partial charge < -0.3 is 10.6 Å². The van der Waals surface area contributed by atoms with Crippen LogP contribution in [0.25, 0.3) is 0 Å². The molecule has 2 rings (SSSR count). The molecule has 0 radical (unpaired) electrons. The van der Waals surface area contributed by atoms with Crippen LogP contribution in [0.2, 0.25) is 0 Å². The predicted octanol–water partition coefficient (Wildman–Crippen LogP) is 0.409. The minimum atomic E-state index is -0.0491. The number of carbonyl (C=O) groups is 1. The summed E-state index contributed by atoms with van der Waals surface area (Å²) in [5.74, 6) is 0.607. The second-order valence-corrected chi connectivity index (χ2v) is 3.57. The molecule has 0 aromatic carbocycles. The molecule has 1 atom stereocenters. The number of nitrogens with one attached hydrogen (secondary N) is 3. The maximum absolute atomic E-state index is 11.6. The number of aromatic amines is 1. The topological polar surface area (TPSA) is 69.8 Å². The summed E-state index contributed by atoms with van der Waals surface area (Å²) in [6.45, 7) is 2.83. The standard InChI is InChI=1S/C9H14N4O/c1-6-5-8(13-12-6)11-9(14)7-3-2-4-10-7/h5,7,10H,2-4H2,1H3,(H2,11,12,13,14)/t7-/m1/s1. The number of amides is 1. The van der Waals surface area contributed by atoms with Gasteiger partial charge in [-0.2, -0.15) is 5.10 Å². The van der Waals surface area contributed by atoms with Crippen molar-refractivity contribution in [3.05, 3.63) is 11.8 Å². The van der Waals surface area contributed by atoms with Gasteiger partial charge in [-0.3, -0.25) is 9.89 Å². The molecular weight excluding hydrogens is 180 g/mol. The van der Waals surface area contributed by atoms with Gasteiger partial charge in [0.15, 0.2) is 5.82 Å². The lowest BCUT2D eigenvalue weighted by molar-refractivity contribution is -0.117. The number of carbonyl (C=O) groups excluding carboxylic acids is 1. The van der Waals surface area contributed by atoms with Crippen molar-refractivity contribution < 1.29 is 4.79 Å². The molecule has 0 bridgehead atoms. The van der Waals surface area contributed by atoms with E-state index in [0.29, 0.717) is 5.82 Å². The Kier molecular flexibility index (Phi) is 2.49. The van der Waals surface area contributed by atoms with Crippen molar-refractivity contribution in [2.24, 2.45) is 0 Å². The minimum Gasteiger partial charge on any atom is -0.308 e. The number of anilines is 1. The van der Waals surface area contributed by atoms with Crippen LogP contribution in [-0.4, -0.2) is 28.7 Å². The van der Waals surface area contributed by atoms with Crippen LogP contribution in [0, 0.1) is 6.92 Å². The number of rotatable bonds is 2. The molecule has 1 saturated heterocycles. The van der Waals surface area contributed by atoms with Crippen molar-refractivity contribution in [1.82, 2.24) is 15.5 Å². The summed E-state index contributed by atoms with van der Waals surface area (Å²) >= 11 is 0. The molecule has 0 unspecified atom stereocenters. The third-order valence-electron chi connectivity index (χ3n) is 2.33. The zero-order valence-electron chi connectivity index (χ0n) is 8.13. The molecule has 76 valence electrons. The summed E-state index contributed by atoms with van der Waals surface area (Å²) < 4.78 is 0. The van der Waals surface area contributed by atoms with E-state index < -0.39 is 0 Å². The molecule has 1 aromatic rings. The van der Waals surface area contributed by atoms with Gasteiger partial charge in [0.2, 0.25) is 5.91 Å². The molecule has 2 heterocycles. The number of hydrogen-bond acceptors (Lipinski definition) is 3. The summed E-state index contributed by atoms with van der Waals surface area (Å²) in [5.41, 5.74) is 0.944. The van der Waals surface area contributed by atoms with E-state index in [1.807, 2.05) is 13.0 Å². The van der Waals surface area contributed by atoms with Crippen LogP contribution in [0.1, 0.15) is 18.5 Å². The smallest absolute Gasteiger partial charge is 0.242 e. The molecule has 1 aliphatic rings. The number of H-pyrrole nitrogens is 1. The highest BCUT2D eigenvalue weighted by atomic mass is 16.2. The molecule has 0 aliphatic carbocycles. The Morgan fingerprint density at radius 3 is 3.14 bits per heavy atom. The van der Waals surface area contributed by atoms with Gasteiger partial charge in [0.1, 0.15) is 0 Å². The average molecular weight is 194 g/mol. The van der Waals surface area contributed by atoms with E-state index in [4.69, 9.17) is 0 Å². The van der Waals surface area contributed by atoms with Gasteiger partial charge in [0.25, 0.3) is 0 Å². The van der Waals surface area contributed by atoms with Gasteiger partial charge in [-0.05, 0) is 26.3 Å². The van der Waals surface area contributed by atoms with Crippen molar-refractivity contribution in [3.8, 4) is 0 Å². The maximum atomic E-state index is 11.6. The number of aromatic nitrogens is 2. The van der Waals surface area contributed by atoms with Gasteiger partial charge in [-0.15, -0.1) is 0 Å². The third kappa shape index (κ3) is 1.93. The molecule has 5 heteroatoms. The molecule has 14 heavy (non-hydrogen) atoms. The van der Waals surface area contributed by atoms with Crippen LogP contribution in [0.3, 0.4) is 0 Å². The highest BCUT2D eigenvalue weighted by molar-refractivity contribution is 5.94. The summed E-state index contributed by atoms with van der Waals surface area (Å²) in [6.07, 6.45) is 1.98. The van der Waals surface area contributed by atoms with E-state index in [9.17, 15) is 4.79 Å². The number of hydrogen-bond donors (Lipinski definition) is 3. The third-order valence-corrected chi connectivity index (χ3v) is 2.33. The quantitative estimate of drug-likeness (QED) is 0.638. The average Bonchev–Trinajstić information content (AvgIpc) is 2.75. The van der Waals surface area contributed by atoms with Crippen LogP contribution in [-0.2, 0) is 4.79 Å². The maximum Gasteiger partial charge on any atom is 0.242 e. The van der Waals surface area contributed by atoms with Crippen molar-refractivity contribution in [2.45, 2.75) is 25.8 Å². The first kappa shape index (κ1) is 9.21. The van der Waals surface area contributed by atoms with E-state index in [1.54, 1.807) is 0 Å². The van der Waals surface area contributed by atoms with E-state index in [-0.39, 0.29) is 11.9 Å². The number of aryl methyl sites for hydroxylation is 1. The summed E-state index contributed by atoms with van der Waals surface area (Å²) in [7, 11) is 0. The zero-order chi connectivity index (χ0) is 9.97. The van der Waals surface area contributed by atoms with Gasteiger partial charge in [-0.25, -0.2) is 0 Å². The van der Waals surface area contributed by atoms with Crippen molar-refractivity contribution in [2.75, 3.05) is 11.9 Å². The molecule has 1 aliphatic heterocycles. The molecular formula is C9H14N4O. The van der Waals surface area contributed by atoms with Gasteiger partial charge >= 0.3 is 0 Å². The highest BCUT2D eigenvalue weighted by Crippen LogP contribution is 2.09. The van der Waals surface area contributed by atoms with Gasteiger partial charge in [0, 0.05) is 11.8 Å². The van der Waals surface area contributed by atoms with Crippen LogP contribution >= 0.6 is 0 Å². The first-order valence-electron chi connectivity index (χ1n) is 4.82. The molecule has 1 fully saturated rings. The van der Waals surface area contributed by atoms with Crippen LogP contribution < -0.4 is 10.6 Å². The number of nitrogens with zero attached hydrogens (tertiary/aromatic N) is 1. The summed E-state index contributed by atoms with van der Waals surface area (Å²) in [6, 6.07) is 1.76. The lowest BCUT2D eigenvalue weighted by atomic mass is 10.2. The molecule has 0 saturated carbocycles. The van der Waals surface area contributed by atoms with E-state index in [1.165, 1.54) is 0 Å². The molecule has 5 nitrogen and oxygen atoms in total. The Hall–Kier alpha value is -1.36. The van der Waals surface area contributed by atoms with Crippen LogP contribution in [0.15, 0.2) is 6.07 Å². The molecule has 3 N–H and O–H groups in total. The molecule has 1 aromatic heterocycles. The SMILES string of the molecule is Cc1cc(NC(=O)[C@H]2CCCN2)n[nH]1. The first-order chi connectivity index (χ1) is 6.75. The van der Waals surface area contributed by atoms with Gasteiger partial charge in [0.05, 0.1) is 6.04 Å². The fourth-order valence-electron chi connectivity index (χ4n) is 1.60. The van der Waals surface area contributed by atoms with Crippen LogP contribution in [0.5, 0.6) is 0 Å². The Balaban J connectivity index is 1.93. The van der Waals surface area contributed by atoms with Crippen molar-refractivity contribution in [3.63, 3.8) is 0 Å². The highest BCUT2D eigenvalue weighted by Gasteiger charge is 2.22. The lowest BCUT2D eigenvalue weighted by Crippen LogP contribution is -2.35. The summed E-state index contributed by atoms with van der Waals surface area (Å²) in [5, 5.41) is 12.6. The summed E-state index contributed by atoms with van der Waals surface area (Å²) in [4.78, 5) is 11.6. The second kappa shape index (κ2) is 3.79. The van der Waals surface area contributed by atoms with Crippen molar-refractivity contribution >= 4 is 11.7 Å². The van der Waals surface area contributed by atoms with E-state index in [0.717, 1.165) is 25.1 Å². The Bertz CT molecular complexity index is 327. The Morgan fingerprint density at radius 2 is 2.57 bits per heavy atom. The van der Waals surface area contributed by atoms with Gasteiger partial charge in [-0.1, -0.05) is 0 Å². The largest absolute Gasteiger partial charge is 0.308 e. The monoisotopic (exact) mass is 194 g/mol.